The van der Waals surface area contributed by atoms with Crippen LogP contribution in [0, 0.1) is 5.92 Å². The summed E-state index contributed by atoms with van der Waals surface area (Å²) in [5, 5.41) is 2.94. The summed E-state index contributed by atoms with van der Waals surface area (Å²) in [6, 6.07) is 7.48. The highest BCUT2D eigenvalue weighted by Crippen LogP contribution is 2.26. The van der Waals surface area contributed by atoms with Crippen molar-refractivity contribution >= 4 is 29.3 Å². The molecular weight excluding hydrogens is 298 g/mol. The third kappa shape index (κ3) is 5.35. The number of amides is 2. The number of piperidine rings is 1. The van der Waals surface area contributed by atoms with E-state index in [0.29, 0.717) is 6.54 Å². The highest BCUT2D eigenvalue weighted by molar-refractivity contribution is 8.00. The second-order valence-corrected chi connectivity index (χ2v) is 6.78. The van der Waals surface area contributed by atoms with Crippen molar-refractivity contribution in [2.45, 2.75) is 24.7 Å². The van der Waals surface area contributed by atoms with Gasteiger partial charge < -0.3 is 11.1 Å². The monoisotopic (exact) mass is 321 g/mol. The first-order valence-corrected chi connectivity index (χ1v) is 8.55. The Morgan fingerprint density at radius 1 is 1.32 bits per heavy atom. The number of nitrogens with one attached hydrogen (secondary N) is 1. The highest BCUT2D eigenvalue weighted by Gasteiger charge is 2.18. The SMILES string of the molecule is CC1CCN(CC(=O)Nc2ccccc2SCC(N)=O)CC1. The van der Waals surface area contributed by atoms with Crippen LogP contribution in [0.25, 0.3) is 0 Å². The van der Waals surface area contributed by atoms with E-state index >= 15 is 0 Å². The number of para-hydroxylation sites is 1. The first kappa shape index (κ1) is 16.8. The first-order valence-electron chi connectivity index (χ1n) is 7.57. The molecule has 0 radical (unpaired) electrons. The molecule has 0 unspecified atom stereocenters. The van der Waals surface area contributed by atoms with Crippen molar-refractivity contribution in [1.29, 1.82) is 0 Å². The van der Waals surface area contributed by atoms with Crippen LogP contribution in [-0.4, -0.2) is 42.1 Å². The largest absolute Gasteiger partial charge is 0.369 e. The molecule has 0 spiro atoms. The van der Waals surface area contributed by atoms with Crippen LogP contribution in [0.1, 0.15) is 19.8 Å². The fourth-order valence-corrected chi connectivity index (χ4v) is 3.20. The van der Waals surface area contributed by atoms with Crippen LogP contribution in [0.2, 0.25) is 0 Å². The van der Waals surface area contributed by atoms with Crippen LogP contribution in [0.4, 0.5) is 5.69 Å². The van der Waals surface area contributed by atoms with Crippen molar-refractivity contribution in [2.75, 3.05) is 30.7 Å². The van der Waals surface area contributed by atoms with E-state index in [1.54, 1.807) is 0 Å². The summed E-state index contributed by atoms with van der Waals surface area (Å²) in [7, 11) is 0. The molecule has 2 rings (SSSR count). The topological polar surface area (TPSA) is 75.4 Å². The van der Waals surface area contributed by atoms with Gasteiger partial charge in [0.2, 0.25) is 11.8 Å². The zero-order chi connectivity index (χ0) is 15.9. The van der Waals surface area contributed by atoms with Crippen LogP contribution < -0.4 is 11.1 Å². The number of hydrogen-bond acceptors (Lipinski definition) is 4. The molecule has 5 nitrogen and oxygen atoms in total. The van der Waals surface area contributed by atoms with E-state index in [9.17, 15) is 9.59 Å². The average Bonchev–Trinajstić information content (AvgIpc) is 2.48. The van der Waals surface area contributed by atoms with E-state index in [1.807, 2.05) is 24.3 Å². The Hall–Kier alpha value is -1.53. The van der Waals surface area contributed by atoms with E-state index in [2.05, 4.69) is 17.1 Å². The summed E-state index contributed by atoms with van der Waals surface area (Å²) >= 11 is 1.34. The quantitative estimate of drug-likeness (QED) is 0.785. The highest BCUT2D eigenvalue weighted by atomic mass is 32.2. The molecule has 1 heterocycles. The molecular formula is C16H23N3O2S. The van der Waals surface area contributed by atoms with Gasteiger partial charge in [-0.25, -0.2) is 0 Å². The van der Waals surface area contributed by atoms with Gasteiger partial charge in [-0.15, -0.1) is 11.8 Å². The van der Waals surface area contributed by atoms with Crippen molar-refractivity contribution in [3.8, 4) is 0 Å². The summed E-state index contributed by atoms with van der Waals surface area (Å²) < 4.78 is 0. The Balaban J connectivity index is 1.89. The van der Waals surface area contributed by atoms with Crippen LogP contribution >= 0.6 is 11.8 Å². The molecule has 1 fully saturated rings. The Morgan fingerprint density at radius 3 is 2.68 bits per heavy atom. The minimum Gasteiger partial charge on any atom is -0.369 e. The summed E-state index contributed by atoms with van der Waals surface area (Å²) in [5.74, 6) is 0.581. The lowest BCUT2D eigenvalue weighted by atomic mass is 9.99. The van der Waals surface area contributed by atoms with Crippen molar-refractivity contribution in [3.63, 3.8) is 0 Å². The molecule has 1 aromatic rings. The maximum Gasteiger partial charge on any atom is 0.238 e. The number of hydrogen-bond donors (Lipinski definition) is 2. The van der Waals surface area contributed by atoms with Crippen LogP contribution in [-0.2, 0) is 9.59 Å². The van der Waals surface area contributed by atoms with E-state index < -0.39 is 0 Å². The van der Waals surface area contributed by atoms with Gasteiger partial charge in [0.25, 0.3) is 0 Å². The number of nitrogens with zero attached hydrogens (tertiary/aromatic N) is 1. The van der Waals surface area contributed by atoms with Gasteiger partial charge in [-0.3, -0.25) is 14.5 Å². The van der Waals surface area contributed by atoms with Gasteiger partial charge in [-0.2, -0.15) is 0 Å². The molecule has 2 amide bonds. The lowest BCUT2D eigenvalue weighted by Gasteiger charge is -2.29. The molecule has 1 aliphatic heterocycles. The smallest absolute Gasteiger partial charge is 0.238 e. The number of carbonyl (C=O) groups excluding carboxylic acids is 2. The van der Waals surface area contributed by atoms with Crippen LogP contribution in [0.15, 0.2) is 29.2 Å². The van der Waals surface area contributed by atoms with Crippen molar-refractivity contribution in [1.82, 2.24) is 4.90 Å². The molecule has 1 saturated heterocycles. The molecule has 0 bridgehead atoms. The number of thioether (sulfide) groups is 1. The van der Waals surface area contributed by atoms with E-state index in [-0.39, 0.29) is 17.6 Å². The Labute approximate surface area is 135 Å². The van der Waals surface area contributed by atoms with Gasteiger partial charge in [-0.05, 0) is 44.0 Å². The fourth-order valence-electron chi connectivity index (χ4n) is 2.46. The predicted octanol–water partition coefficient (Wildman–Crippen LogP) is 1.93. The number of anilines is 1. The minimum atomic E-state index is -0.367. The predicted molar refractivity (Wildman–Crippen MR) is 89.8 cm³/mol. The van der Waals surface area contributed by atoms with Gasteiger partial charge in [0.1, 0.15) is 0 Å². The molecule has 1 aliphatic rings. The van der Waals surface area contributed by atoms with Crippen LogP contribution in [0.3, 0.4) is 0 Å². The van der Waals surface area contributed by atoms with Gasteiger partial charge >= 0.3 is 0 Å². The van der Waals surface area contributed by atoms with Gasteiger partial charge in [-0.1, -0.05) is 19.1 Å². The van der Waals surface area contributed by atoms with Gasteiger partial charge in [0.15, 0.2) is 0 Å². The minimum absolute atomic E-state index is 0.0123. The third-order valence-corrected chi connectivity index (χ3v) is 4.87. The summed E-state index contributed by atoms with van der Waals surface area (Å²) in [4.78, 5) is 26.2. The maximum absolute atomic E-state index is 12.2. The maximum atomic E-state index is 12.2. The zero-order valence-electron chi connectivity index (χ0n) is 12.9. The second-order valence-electron chi connectivity index (χ2n) is 5.76. The number of benzene rings is 1. The molecule has 0 saturated carbocycles. The summed E-state index contributed by atoms with van der Waals surface area (Å²) in [6.45, 7) is 4.63. The lowest BCUT2D eigenvalue weighted by Crippen LogP contribution is -2.38. The van der Waals surface area contributed by atoms with Crippen molar-refractivity contribution < 1.29 is 9.59 Å². The van der Waals surface area contributed by atoms with E-state index in [0.717, 1.165) is 42.4 Å². The zero-order valence-corrected chi connectivity index (χ0v) is 13.7. The standard InChI is InChI=1S/C16H23N3O2S/c1-12-6-8-19(9-7-12)10-16(21)18-13-4-2-3-5-14(13)22-11-15(17)20/h2-5,12H,6-11H2,1H3,(H2,17,20)(H,18,21). The Morgan fingerprint density at radius 2 is 2.00 bits per heavy atom. The number of nitrogens with two attached hydrogens (primary N) is 1. The van der Waals surface area contributed by atoms with Crippen molar-refractivity contribution in [2.24, 2.45) is 11.7 Å². The number of carbonyl (C=O) groups is 2. The molecule has 0 aliphatic carbocycles. The molecule has 3 N–H and O–H groups in total. The normalized spacial score (nSPS) is 16.4. The van der Waals surface area contributed by atoms with Crippen molar-refractivity contribution in [3.05, 3.63) is 24.3 Å². The molecule has 22 heavy (non-hydrogen) atoms. The number of rotatable bonds is 6. The first-order chi connectivity index (χ1) is 10.5. The summed E-state index contributed by atoms with van der Waals surface area (Å²) in [5.41, 5.74) is 5.91. The number of primary amides is 1. The Bertz CT molecular complexity index is 528. The van der Waals surface area contributed by atoms with Crippen LogP contribution in [0.5, 0.6) is 0 Å². The molecule has 1 aromatic carbocycles. The molecule has 0 aromatic heterocycles. The van der Waals surface area contributed by atoms with Gasteiger partial charge in [0.05, 0.1) is 18.0 Å². The fraction of sp³-hybridized carbons (Fsp3) is 0.500. The average molecular weight is 321 g/mol. The van der Waals surface area contributed by atoms with Gasteiger partial charge in [0, 0.05) is 4.90 Å². The molecule has 6 heteroatoms. The van der Waals surface area contributed by atoms with E-state index in [4.69, 9.17) is 5.73 Å². The summed E-state index contributed by atoms with van der Waals surface area (Å²) in [6.07, 6.45) is 2.30. The molecule has 120 valence electrons. The second kappa shape index (κ2) is 8.19. The third-order valence-electron chi connectivity index (χ3n) is 3.77. The number of likely N-dealkylation sites (tertiary alicyclic amines) is 1. The Kier molecular flexibility index (Phi) is 6.27. The molecule has 0 atom stereocenters. The van der Waals surface area contributed by atoms with E-state index in [1.165, 1.54) is 11.8 Å². The lowest BCUT2D eigenvalue weighted by molar-refractivity contribution is -0.117.